The molecule has 0 saturated heterocycles. The van der Waals surface area contributed by atoms with E-state index in [-0.39, 0.29) is 10.8 Å². The van der Waals surface area contributed by atoms with Crippen LogP contribution < -0.4 is 0 Å². The Morgan fingerprint density at radius 2 is 1.77 bits per heavy atom. The molecule has 0 aliphatic heterocycles. The summed E-state index contributed by atoms with van der Waals surface area (Å²) in [6.07, 6.45) is 12.3. The van der Waals surface area contributed by atoms with Gasteiger partial charge in [-0.3, -0.25) is 0 Å². The fraction of sp³-hybridized carbons (Fsp3) is 0.542. The monoisotopic (exact) mass is 361 g/mol. The van der Waals surface area contributed by atoms with Gasteiger partial charge in [0, 0.05) is 15.9 Å². The Balaban J connectivity index is 1.71. The topological polar surface area (TPSA) is 23.8 Å². The summed E-state index contributed by atoms with van der Waals surface area (Å²) >= 11 is 6.58. The van der Waals surface area contributed by atoms with E-state index in [9.17, 15) is 5.26 Å². The average molecular weight is 362 g/mol. The van der Waals surface area contributed by atoms with E-state index in [2.05, 4.69) is 43.3 Å². The van der Waals surface area contributed by atoms with Gasteiger partial charge in [0.15, 0.2) is 0 Å². The number of halogens is 1. The molecule has 0 heterocycles. The first kappa shape index (κ1) is 15.5. The van der Waals surface area contributed by atoms with Gasteiger partial charge >= 0.3 is 0 Å². The molecule has 4 bridgehead atoms. The first-order valence-corrected chi connectivity index (χ1v) is 10.6. The second kappa shape index (κ2) is 4.85. The number of fused-ring (bicyclic) bond motifs is 3. The minimum Gasteiger partial charge on any atom is -0.192 e. The van der Waals surface area contributed by atoms with E-state index in [1.54, 1.807) is 5.57 Å². The molecule has 132 valence electrons. The van der Waals surface area contributed by atoms with Crippen molar-refractivity contribution in [1.29, 1.82) is 5.26 Å². The number of hydrogen-bond donors (Lipinski definition) is 0. The van der Waals surface area contributed by atoms with Crippen LogP contribution in [0.25, 0.3) is 0 Å². The lowest BCUT2D eigenvalue weighted by atomic mass is 9.42. The molecule has 26 heavy (non-hydrogen) atoms. The molecule has 0 radical (unpaired) electrons. The average Bonchev–Trinajstić information content (AvgIpc) is 2.86. The maximum atomic E-state index is 10.0. The Kier molecular flexibility index (Phi) is 2.89. The third-order valence-corrected chi connectivity index (χ3v) is 8.91. The number of allylic oxidation sites excluding steroid dienone is 4. The predicted octanol–water partition coefficient (Wildman–Crippen LogP) is 5.98. The van der Waals surface area contributed by atoms with Crippen molar-refractivity contribution >= 4 is 11.6 Å². The van der Waals surface area contributed by atoms with E-state index < -0.39 is 0 Å². The van der Waals surface area contributed by atoms with Crippen LogP contribution >= 0.6 is 11.6 Å². The molecule has 2 heteroatoms. The Labute approximate surface area is 160 Å². The van der Waals surface area contributed by atoms with Crippen molar-refractivity contribution < 1.29 is 0 Å². The normalized spacial score (nSPS) is 44.3. The zero-order chi connectivity index (χ0) is 17.7. The summed E-state index contributed by atoms with van der Waals surface area (Å²) in [7, 11) is 0. The molecule has 1 atom stereocenters. The summed E-state index contributed by atoms with van der Waals surface area (Å²) in [5, 5.41) is 10.9. The number of nitriles is 1. The second-order valence-corrected chi connectivity index (χ2v) is 10.1. The fourth-order valence-electron chi connectivity index (χ4n) is 8.06. The van der Waals surface area contributed by atoms with Crippen molar-refractivity contribution in [3.05, 3.63) is 57.6 Å². The van der Waals surface area contributed by atoms with Gasteiger partial charge in [-0.05, 0) is 91.0 Å². The zero-order valence-electron chi connectivity index (χ0n) is 15.3. The number of nitrogens with zero attached hydrogens (tertiary/aromatic N) is 1. The standard InChI is InChI=1S/C24H24ClN/c1-23-6-5-19(25)12-21(23)24(22-16(13-26)3-2-4-20(22)23)17-8-14-7-15(10-17)11-18(24)9-14/h2-5,12,14-15,17-18H,6-11H2,1H3. The lowest BCUT2D eigenvalue weighted by molar-refractivity contribution is -0.0439. The lowest BCUT2D eigenvalue weighted by Gasteiger charge is -2.62. The third kappa shape index (κ3) is 1.60. The van der Waals surface area contributed by atoms with Crippen molar-refractivity contribution in [2.75, 3.05) is 0 Å². The molecule has 1 aromatic rings. The van der Waals surface area contributed by atoms with E-state index in [4.69, 9.17) is 11.6 Å². The van der Waals surface area contributed by atoms with Crippen molar-refractivity contribution in [1.82, 2.24) is 0 Å². The van der Waals surface area contributed by atoms with E-state index in [1.165, 1.54) is 43.2 Å². The number of hydrogen-bond acceptors (Lipinski definition) is 1. The largest absolute Gasteiger partial charge is 0.192 e. The van der Waals surface area contributed by atoms with Crippen LogP contribution in [-0.4, -0.2) is 0 Å². The van der Waals surface area contributed by atoms with Crippen LogP contribution in [0, 0.1) is 35.0 Å². The molecule has 4 saturated carbocycles. The minimum absolute atomic E-state index is 0.00987. The minimum atomic E-state index is 0.00987. The molecule has 1 aromatic carbocycles. The summed E-state index contributed by atoms with van der Waals surface area (Å²) in [6, 6.07) is 9.02. The number of benzene rings is 1. The van der Waals surface area contributed by atoms with Crippen LogP contribution in [0.5, 0.6) is 0 Å². The van der Waals surface area contributed by atoms with E-state index in [0.29, 0.717) is 11.8 Å². The summed E-state index contributed by atoms with van der Waals surface area (Å²) in [5.74, 6) is 3.23. The molecule has 0 aromatic heterocycles. The smallest absolute Gasteiger partial charge is 0.0994 e. The molecule has 6 aliphatic carbocycles. The number of rotatable bonds is 0. The fourth-order valence-corrected chi connectivity index (χ4v) is 8.25. The molecule has 0 N–H and O–H groups in total. The van der Waals surface area contributed by atoms with Crippen LogP contribution in [0.4, 0.5) is 0 Å². The summed E-state index contributed by atoms with van der Waals surface area (Å²) < 4.78 is 0. The van der Waals surface area contributed by atoms with Gasteiger partial charge < -0.3 is 0 Å². The molecular formula is C24H24ClN. The van der Waals surface area contributed by atoms with Crippen molar-refractivity contribution in [2.24, 2.45) is 23.7 Å². The van der Waals surface area contributed by atoms with Crippen LogP contribution in [0.1, 0.15) is 62.1 Å². The first-order chi connectivity index (χ1) is 12.6. The molecule has 1 unspecified atom stereocenters. The van der Waals surface area contributed by atoms with Gasteiger partial charge in [0.25, 0.3) is 0 Å². The molecule has 1 spiro atoms. The van der Waals surface area contributed by atoms with Crippen LogP contribution in [0.2, 0.25) is 0 Å². The van der Waals surface area contributed by atoms with Crippen LogP contribution in [0.3, 0.4) is 0 Å². The lowest BCUT2D eigenvalue weighted by Crippen LogP contribution is -2.56. The van der Waals surface area contributed by atoms with Gasteiger partial charge in [-0.1, -0.05) is 36.7 Å². The van der Waals surface area contributed by atoms with Crippen LogP contribution in [0.15, 0.2) is 41.0 Å². The zero-order valence-corrected chi connectivity index (χ0v) is 16.0. The SMILES string of the molecule is CC12CC=C(Cl)C=C1C1(c3c(C#N)cccc32)C2CC3CC(C2)CC1C3. The highest BCUT2D eigenvalue weighted by Crippen LogP contribution is 2.72. The Morgan fingerprint density at radius 1 is 1.08 bits per heavy atom. The molecule has 7 rings (SSSR count). The quantitative estimate of drug-likeness (QED) is 0.557. The van der Waals surface area contributed by atoms with Crippen LogP contribution in [-0.2, 0) is 10.8 Å². The second-order valence-electron chi connectivity index (χ2n) is 9.70. The first-order valence-electron chi connectivity index (χ1n) is 10.2. The Morgan fingerprint density at radius 3 is 2.42 bits per heavy atom. The van der Waals surface area contributed by atoms with Gasteiger partial charge in [-0.15, -0.1) is 0 Å². The Hall–Kier alpha value is -1.52. The van der Waals surface area contributed by atoms with Crippen molar-refractivity contribution in [3.63, 3.8) is 0 Å². The molecular weight excluding hydrogens is 338 g/mol. The molecule has 6 aliphatic rings. The van der Waals surface area contributed by atoms with E-state index in [1.807, 2.05) is 0 Å². The molecule has 0 amide bonds. The molecule has 1 nitrogen and oxygen atoms in total. The highest BCUT2D eigenvalue weighted by Gasteiger charge is 2.66. The third-order valence-electron chi connectivity index (χ3n) is 8.65. The van der Waals surface area contributed by atoms with Gasteiger partial charge in [-0.25, -0.2) is 0 Å². The predicted molar refractivity (Wildman–Crippen MR) is 104 cm³/mol. The summed E-state index contributed by atoms with van der Waals surface area (Å²) in [6.45, 7) is 2.40. The Bertz CT molecular complexity index is 902. The summed E-state index contributed by atoms with van der Waals surface area (Å²) in [5.41, 5.74) is 5.35. The summed E-state index contributed by atoms with van der Waals surface area (Å²) in [4.78, 5) is 0. The van der Waals surface area contributed by atoms with Crippen molar-refractivity contribution in [3.8, 4) is 6.07 Å². The molecule has 4 fully saturated rings. The maximum absolute atomic E-state index is 10.0. The van der Waals surface area contributed by atoms with Gasteiger partial charge in [-0.2, -0.15) is 5.26 Å². The van der Waals surface area contributed by atoms with Crippen molar-refractivity contribution in [2.45, 2.75) is 56.3 Å². The highest BCUT2D eigenvalue weighted by atomic mass is 35.5. The highest BCUT2D eigenvalue weighted by molar-refractivity contribution is 6.31. The van der Waals surface area contributed by atoms with E-state index in [0.717, 1.165) is 28.9 Å². The maximum Gasteiger partial charge on any atom is 0.0994 e. The van der Waals surface area contributed by atoms with E-state index >= 15 is 0 Å². The van der Waals surface area contributed by atoms with Gasteiger partial charge in [0.2, 0.25) is 0 Å². The van der Waals surface area contributed by atoms with Gasteiger partial charge in [0.05, 0.1) is 11.6 Å². The van der Waals surface area contributed by atoms with Gasteiger partial charge in [0.1, 0.15) is 0 Å².